The largest absolute Gasteiger partial charge is 0.481 e. The van der Waals surface area contributed by atoms with Crippen molar-refractivity contribution in [1.82, 2.24) is 30.4 Å². The Hall–Kier alpha value is -2.38. The maximum atomic E-state index is 11.2. The standard InChI is InChI=1S/C10H10N6O2/c17-9(18)10(2-3-10)6-16-8(13-14-15-16)7-1-4-11-12-5-7/h1,4-5H,2-3,6H2,(H,17,18). The van der Waals surface area contributed by atoms with Crippen LogP contribution in [0.5, 0.6) is 0 Å². The second kappa shape index (κ2) is 3.83. The Balaban J connectivity index is 1.91. The van der Waals surface area contributed by atoms with E-state index in [0.29, 0.717) is 18.7 Å². The van der Waals surface area contributed by atoms with Gasteiger partial charge in [-0.15, -0.1) is 5.10 Å². The highest BCUT2D eigenvalue weighted by Crippen LogP contribution is 2.47. The van der Waals surface area contributed by atoms with Crippen molar-refractivity contribution in [2.45, 2.75) is 19.4 Å². The monoisotopic (exact) mass is 246 g/mol. The molecule has 8 nitrogen and oxygen atoms in total. The molecule has 8 heteroatoms. The fraction of sp³-hybridized carbons (Fsp3) is 0.400. The van der Waals surface area contributed by atoms with Crippen LogP contribution in [0, 0.1) is 5.41 Å². The van der Waals surface area contributed by atoms with E-state index >= 15 is 0 Å². The fourth-order valence-electron chi connectivity index (χ4n) is 1.82. The lowest BCUT2D eigenvalue weighted by Gasteiger charge is -2.10. The van der Waals surface area contributed by atoms with E-state index in [-0.39, 0.29) is 6.54 Å². The number of hydrogen-bond donors (Lipinski definition) is 1. The van der Waals surface area contributed by atoms with Crippen molar-refractivity contribution in [3.05, 3.63) is 18.5 Å². The molecule has 0 unspecified atom stereocenters. The van der Waals surface area contributed by atoms with Crippen LogP contribution < -0.4 is 0 Å². The Kier molecular flexibility index (Phi) is 2.29. The molecule has 0 aliphatic heterocycles. The molecule has 0 spiro atoms. The van der Waals surface area contributed by atoms with Crippen molar-refractivity contribution in [1.29, 1.82) is 0 Å². The summed E-state index contributed by atoms with van der Waals surface area (Å²) in [7, 11) is 0. The van der Waals surface area contributed by atoms with Crippen LogP contribution in [0.3, 0.4) is 0 Å². The summed E-state index contributed by atoms with van der Waals surface area (Å²) in [4.78, 5) is 11.2. The van der Waals surface area contributed by atoms with Gasteiger partial charge in [0.15, 0.2) is 5.82 Å². The third-order valence-corrected chi connectivity index (χ3v) is 3.13. The minimum absolute atomic E-state index is 0.285. The smallest absolute Gasteiger partial charge is 0.311 e. The normalized spacial score (nSPS) is 16.4. The molecule has 1 saturated carbocycles. The molecule has 2 aromatic rings. The van der Waals surface area contributed by atoms with Crippen LogP contribution in [-0.4, -0.2) is 41.5 Å². The number of hydrogen-bond acceptors (Lipinski definition) is 6. The van der Waals surface area contributed by atoms with Gasteiger partial charge < -0.3 is 5.11 Å². The van der Waals surface area contributed by atoms with Gasteiger partial charge in [-0.25, -0.2) is 4.68 Å². The highest BCUT2D eigenvalue weighted by atomic mass is 16.4. The fourth-order valence-corrected chi connectivity index (χ4v) is 1.82. The van der Waals surface area contributed by atoms with Gasteiger partial charge in [-0.3, -0.25) is 4.79 Å². The minimum atomic E-state index is -0.795. The highest BCUT2D eigenvalue weighted by Gasteiger charge is 2.51. The first-order valence-corrected chi connectivity index (χ1v) is 5.48. The van der Waals surface area contributed by atoms with E-state index in [9.17, 15) is 4.79 Å². The lowest BCUT2D eigenvalue weighted by atomic mass is 10.1. The first-order chi connectivity index (χ1) is 8.71. The van der Waals surface area contributed by atoms with Gasteiger partial charge in [0.25, 0.3) is 0 Å². The van der Waals surface area contributed by atoms with Crippen LogP contribution in [0.1, 0.15) is 12.8 Å². The third kappa shape index (κ3) is 1.71. The van der Waals surface area contributed by atoms with Crippen LogP contribution in [0.2, 0.25) is 0 Å². The molecule has 18 heavy (non-hydrogen) atoms. The van der Waals surface area contributed by atoms with Crippen LogP contribution >= 0.6 is 0 Å². The average Bonchev–Trinajstić information content (AvgIpc) is 3.02. The van der Waals surface area contributed by atoms with Gasteiger partial charge in [0.05, 0.1) is 24.4 Å². The number of carboxylic acid groups (broad SMARTS) is 1. The Morgan fingerprint density at radius 1 is 1.44 bits per heavy atom. The second-order valence-electron chi connectivity index (χ2n) is 4.38. The Morgan fingerprint density at radius 2 is 2.28 bits per heavy atom. The van der Waals surface area contributed by atoms with Crippen LogP contribution in [0.15, 0.2) is 18.5 Å². The molecule has 0 aromatic carbocycles. The van der Waals surface area contributed by atoms with Crippen molar-refractivity contribution in [3.63, 3.8) is 0 Å². The highest BCUT2D eigenvalue weighted by molar-refractivity contribution is 5.77. The van der Waals surface area contributed by atoms with E-state index in [1.807, 2.05) is 0 Å². The van der Waals surface area contributed by atoms with Crippen molar-refractivity contribution in [2.75, 3.05) is 0 Å². The molecule has 0 atom stereocenters. The summed E-state index contributed by atoms with van der Waals surface area (Å²) < 4.78 is 1.51. The van der Waals surface area contributed by atoms with Gasteiger partial charge in [0.2, 0.25) is 0 Å². The summed E-state index contributed by atoms with van der Waals surface area (Å²) in [6.07, 6.45) is 4.41. The predicted octanol–water partition coefficient (Wildman–Crippen LogP) is -0.00510. The van der Waals surface area contributed by atoms with Gasteiger partial charge in [0, 0.05) is 5.56 Å². The molecule has 1 N–H and O–H groups in total. The van der Waals surface area contributed by atoms with Gasteiger partial charge in [-0.05, 0) is 29.3 Å². The molecular formula is C10H10N6O2. The zero-order valence-corrected chi connectivity index (χ0v) is 9.39. The van der Waals surface area contributed by atoms with Crippen molar-refractivity contribution < 1.29 is 9.90 Å². The van der Waals surface area contributed by atoms with Crippen LogP contribution in [0.4, 0.5) is 0 Å². The summed E-state index contributed by atoms with van der Waals surface area (Å²) >= 11 is 0. The van der Waals surface area contributed by atoms with E-state index in [2.05, 4.69) is 25.7 Å². The summed E-state index contributed by atoms with van der Waals surface area (Å²) in [5.74, 6) is -0.283. The Labute approximate surface area is 102 Å². The van der Waals surface area contributed by atoms with E-state index in [0.717, 1.165) is 5.56 Å². The van der Waals surface area contributed by atoms with Gasteiger partial charge in [0.1, 0.15) is 0 Å². The number of tetrazole rings is 1. The van der Waals surface area contributed by atoms with E-state index in [4.69, 9.17) is 5.11 Å². The molecule has 2 aromatic heterocycles. The zero-order valence-electron chi connectivity index (χ0n) is 9.39. The van der Waals surface area contributed by atoms with Gasteiger partial charge in [-0.2, -0.15) is 10.2 Å². The number of carboxylic acids is 1. The molecule has 3 rings (SSSR count). The second-order valence-corrected chi connectivity index (χ2v) is 4.38. The number of rotatable bonds is 4. The predicted molar refractivity (Wildman–Crippen MR) is 58.1 cm³/mol. The van der Waals surface area contributed by atoms with Crippen LogP contribution in [0.25, 0.3) is 11.4 Å². The molecule has 1 aliphatic rings. The molecule has 1 aliphatic carbocycles. The number of nitrogens with zero attached hydrogens (tertiary/aromatic N) is 6. The molecule has 92 valence electrons. The topological polar surface area (TPSA) is 107 Å². The van der Waals surface area contributed by atoms with Crippen molar-refractivity contribution >= 4 is 5.97 Å². The van der Waals surface area contributed by atoms with Gasteiger partial charge >= 0.3 is 5.97 Å². The quantitative estimate of drug-likeness (QED) is 0.808. The molecule has 0 saturated heterocycles. The lowest BCUT2D eigenvalue weighted by molar-refractivity contribution is -0.144. The lowest BCUT2D eigenvalue weighted by Crippen LogP contribution is -2.22. The van der Waals surface area contributed by atoms with Crippen LogP contribution in [-0.2, 0) is 11.3 Å². The van der Waals surface area contributed by atoms with E-state index in [1.165, 1.54) is 4.68 Å². The summed E-state index contributed by atoms with van der Waals surface area (Å²) in [6.45, 7) is 0.285. The van der Waals surface area contributed by atoms with E-state index < -0.39 is 11.4 Å². The SMILES string of the molecule is O=C(O)C1(Cn2nnnc2-c2ccnnc2)CC1. The molecule has 0 bridgehead atoms. The third-order valence-electron chi connectivity index (χ3n) is 3.13. The number of aromatic nitrogens is 6. The number of carbonyl (C=O) groups is 1. The maximum absolute atomic E-state index is 11.2. The summed E-state index contributed by atoms with van der Waals surface area (Å²) in [5, 5.41) is 27.9. The van der Waals surface area contributed by atoms with E-state index in [1.54, 1.807) is 18.5 Å². The average molecular weight is 246 g/mol. The molecule has 0 radical (unpaired) electrons. The zero-order chi connectivity index (χ0) is 12.6. The van der Waals surface area contributed by atoms with Crippen molar-refractivity contribution in [3.8, 4) is 11.4 Å². The number of aliphatic carboxylic acids is 1. The maximum Gasteiger partial charge on any atom is 0.311 e. The molecule has 2 heterocycles. The first-order valence-electron chi connectivity index (χ1n) is 5.48. The first kappa shape index (κ1) is 10.8. The molecular weight excluding hydrogens is 236 g/mol. The van der Waals surface area contributed by atoms with Crippen molar-refractivity contribution in [2.24, 2.45) is 5.41 Å². The summed E-state index contributed by atoms with van der Waals surface area (Å²) in [6, 6.07) is 1.73. The Bertz CT molecular complexity index is 577. The molecule has 1 fully saturated rings. The Morgan fingerprint density at radius 3 is 2.89 bits per heavy atom. The summed E-state index contributed by atoms with van der Waals surface area (Å²) in [5.41, 5.74) is 0.0149. The van der Waals surface area contributed by atoms with Gasteiger partial charge in [-0.1, -0.05) is 0 Å². The minimum Gasteiger partial charge on any atom is -0.481 e. The molecule has 0 amide bonds.